The number of fused-ring (bicyclic) bond motifs is 2. The Balaban J connectivity index is 1.33. The monoisotopic (exact) mass is 398 g/mol. The molecule has 3 unspecified atom stereocenters. The van der Waals surface area contributed by atoms with Crippen LogP contribution >= 0.6 is 0 Å². The van der Waals surface area contributed by atoms with E-state index in [1.165, 1.54) is 50.2 Å². The standard InChI is InChI=1S/C27H36F2/c1-2-3-4-5-19-6-8-23-17-25(12-10-21(23)14-19)26-13-11-22-15-20(16-27(28)29)7-9-24(22)18-26/h2-3,6,8,14,16,20,22,24-26H,4-5,7,9-13,15,17-18H2,1H3/b3-2+/t20-,22?,24-,25?,26?/m1/s1. The molecule has 0 nitrogen and oxygen atoms in total. The van der Waals surface area contributed by atoms with Gasteiger partial charge in [0, 0.05) is 0 Å². The van der Waals surface area contributed by atoms with Crippen LogP contribution in [0.4, 0.5) is 8.78 Å². The van der Waals surface area contributed by atoms with Gasteiger partial charge in [-0.15, -0.1) is 0 Å². The maximum atomic E-state index is 12.6. The number of hydrogen-bond acceptors (Lipinski definition) is 0. The van der Waals surface area contributed by atoms with Crippen molar-refractivity contribution in [1.29, 1.82) is 0 Å². The summed E-state index contributed by atoms with van der Waals surface area (Å²) in [5.41, 5.74) is 4.66. The van der Waals surface area contributed by atoms with E-state index in [9.17, 15) is 8.78 Å². The summed E-state index contributed by atoms with van der Waals surface area (Å²) < 4.78 is 25.3. The highest BCUT2D eigenvalue weighted by molar-refractivity contribution is 5.34. The number of allylic oxidation sites excluding steroid dienone is 3. The lowest BCUT2D eigenvalue weighted by atomic mass is 9.61. The van der Waals surface area contributed by atoms with E-state index in [0.717, 1.165) is 49.9 Å². The molecule has 2 fully saturated rings. The molecule has 0 amide bonds. The molecule has 0 N–H and O–H groups in total. The summed E-state index contributed by atoms with van der Waals surface area (Å²) in [5, 5.41) is 0. The van der Waals surface area contributed by atoms with Crippen LogP contribution in [0, 0.1) is 29.6 Å². The number of hydrogen-bond donors (Lipinski definition) is 0. The molecule has 158 valence electrons. The molecule has 0 aromatic heterocycles. The van der Waals surface area contributed by atoms with Gasteiger partial charge < -0.3 is 0 Å². The summed E-state index contributed by atoms with van der Waals surface area (Å²) >= 11 is 0. The van der Waals surface area contributed by atoms with Crippen LogP contribution in [0.2, 0.25) is 0 Å². The maximum Gasteiger partial charge on any atom is 0.266 e. The van der Waals surface area contributed by atoms with Crippen LogP contribution in [-0.4, -0.2) is 0 Å². The Hall–Kier alpha value is -1.44. The Bertz CT molecular complexity index is 743. The molecule has 0 spiro atoms. The van der Waals surface area contributed by atoms with Crippen molar-refractivity contribution in [2.24, 2.45) is 29.6 Å². The lowest BCUT2D eigenvalue weighted by Crippen LogP contribution is -2.34. The van der Waals surface area contributed by atoms with E-state index < -0.39 is 6.08 Å². The summed E-state index contributed by atoms with van der Waals surface area (Å²) in [6, 6.07) is 7.21. The minimum atomic E-state index is -1.48. The predicted octanol–water partition coefficient (Wildman–Crippen LogP) is 7.91. The molecule has 5 atom stereocenters. The minimum Gasteiger partial charge on any atom is -0.174 e. The normalized spacial score (nSPS) is 31.9. The van der Waals surface area contributed by atoms with Crippen LogP contribution in [-0.2, 0) is 19.3 Å². The fourth-order valence-electron chi connectivity index (χ4n) is 6.53. The average Bonchev–Trinajstić information content (AvgIpc) is 2.73. The number of halogens is 2. The van der Waals surface area contributed by atoms with Gasteiger partial charge >= 0.3 is 0 Å². The first-order valence-electron chi connectivity index (χ1n) is 11.9. The molecule has 2 heteroatoms. The molecular weight excluding hydrogens is 362 g/mol. The van der Waals surface area contributed by atoms with Gasteiger partial charge in [-0.1, -0.05) is 30.4 Å². The van der Waals surface area contributed by atoms with Gasteiger partial charge in [0.25, 0.3) is 6.08 Å². The zero-order valence-electron chi connectivity index (χ0n) is 17.9. The Morgan fingerprint density at radius 3 is 2.48 bits per heavy atom. The van der Waals surface area contributed by atoms with Crippen LogP contribution in [0.25, 0.3) is 0 Å². The highest BCUT2D eigenvalue weighted by Crippen LogP contribution is 2.48. The second-order valence-corrected chi connectivity index (χ2v) is 9.84. The molecule has 3 aliphatic carbocycles. The molecule has 2 saturated carbocycles. The quantitative estimate of drug-likeness (QED) is 0.442. The molecule has 4 rings (SSSR count). The molecule has 0 aliphatic heterocycles. The van der Waals surface area contributed by atoms with Crippen molar-refractivity contribution in [2.45, 2.75) is 77.6 Å². The van der Waals surface area contributed by atoms with Crippen molar-refractivity contribution in [1.82, 2.24) is 0 Å². The Kier molecular flexibility index (Phi) is 6.88. The largest absolute Gasteiger partial charge is 0.266 e. The summed E-state index contributed by atoms with van der Waals surface area (Å²) in [7, 11) is 0. The van der Waals surface area contributed by atoms with E-state index in [1.807, 2.05) is 0 Å². The molecule has 0 radical (unpaired) electrons. The summed E-state index contributed by atoms with van der Waals surface area (Å²) in [6.07, 6.45) is 17.3. The van der Waals surface area contributed by atoms with E-state index in [0.29, 0.717) is 5.92 Å². The van der Waals surface area contributed by atoms with Crippen molar-refractivity contribution >= 4 is 0 Å². The fourth-order valence-corrected chi connectivity index (χ4v) is 6.53. The van der Waals surface area contributed by atoms with Crippen LogP contribution in [0.1, 0.15) is 75.0 Å². The molecule has 29 heavy (non-hydrogen) atoms. The van der Waals surface area contributed by atoms with Gasteiger partial charge in [0.05, 0.1) is 0 Å². The average molecular weight is 399 g/mol. The van der Waals surface area contributed by atoms with Gasteiger partial charge in [0.1, 0.15) is 0 Å². The van der Waals surface area contributed by atoms with Gasteiger partial charge in [-0.05, 0) is 130 Å². The van der Waals surface area contributed by atoms with E-state index in [-0.39, 0.29) is 5.92 Å². The fraction of sp³-hybridized carbons (Fsp3) is 0.630. The Morgan fingerprint density at radius 2 is 1.69 bits per heavy atom. The molecule has 0 bridgehead atoms. The molecular formula is C27H36F2. The molecule has 0 heterocycles. The van der Waals surface area contributed by atoms with E-state index >= 15 is 0 Å². The van der Waals surface area contributed by atoms with Crippen LogP contribution in [0.15, 0.2) is 42.5 Å². The predicted molar refractivity (Wildman–Crippen MR) is 117 cm³/mol. The second kappa shape index (κ2) is 9.58. The van der Waals surface area contributed by atoms with Gasteiger partial charge in [-0.25, -0.2) is 0 Å². The minimum absolute atomic E-state index is 0.126. The first-order valence-corrected chi connectivity index (χ1v) is 11.9. The summed E-state index contributed by atoms with van der Waals surface area (Å²) in [6.45, 7) is 2.09. The van der Waals surface area contributed by atoms with Crippen molar-refractivity contribution in [2.75, 3.05) is 0 Å². The van der Waals surface area contributed by atoms with E-state index in [1.54, 1.807) is 11.1 Å². The van der Waals surface area contributed by atoms with Gasteiger partial charge in [-0.3, -0.25) is 0 Å². The second-order valence-electron chi connectivity index (χ2n) is 9.84. The van der Waals surface area contributed by atoms with Crippen LogP contribution < -0.4 is 0 Å². The zero-order valence-corrected chi connectivity index (χ0v) is 17.9. The zero-order chi connectivity index (χ0) is 20.2. The van der Waals surface area contributed by atoms with E-state index in [4.69, 9.17) is 0 Å². The third-order valence-electron chi connectivity index (χ3n) is 8.10. The highest BCUT2D eigenvalue weighted by atomic mass is 19.3. The SMILES string of the molecule is C/C=C/CCc1ccc2c(c1)CCC(C1CCC3C[C@H](C=C(F)F)CC[C@@H]3C1)C2. The molecule has 0 saturated heterocycles. The third kappa shape index (κ3) is 5.19. The molecule has 3 aliphatic rings. The van der Waals surface area contributed by atoms with Crippen LogP contribution in [0.3, 0.4) is 0 Å². The number of rotatable bonds is 5. The Morgan fingerprint density at radius 1 is 0.931 bits per heavy atom. The van der Waals surface area contributed by atoms with Gasteiger partial charge in [0.2, 0.25) is 0 Å². The highest BCUT2D eigenvalue weighted by Gasteiger charge is 2.38. The number of benzene rings is 1. The smallest absolute Gasteiger partial charge is 0.174 e. The lowest BCUT2D eigenvalue weighted by Gasteiger charge is -2.44. The molecule has 1 aromatic rings. The Labute approximate surface area is 175 Å². The maximum absolute atomic E-state index is 12.6. The first-order chi connectivity index (χ1) is 14.1. The first kappa shape index (κ1) is 20.8. The van der Waals surface area contributed by atoms with Crippen LogP contribution in [0.5, 0.6) is 0 Å². The number of aryl methyl sites for hydroxylation is 2. The lowest BCUT2D eigenvalue weighted by molar-refractivity contribution is 0.0803. The van der Waals surface area contributed by atoms with Gasteiger partial charge in [-0.2, -0.15) is 8.78 Å². The van der Waals surface area contributed by atoms with Gasteiger partial charge in [0.15, 0.2) is 0 Å². The molecule has 1 aromatic carbocycles. The van der Waals surface area contributed by atoms with Crippen molar-refractivity contribution in [3.63, 3.8) is 0 Å². The topological polar surface area (TPSA) is 0 Å². The van der Waals surface area contributed by atoms with Crippen molar-refractivity contribution in [3.8, 4) is 0 Å². The van der Waals surface area contributed by atoms with Crippen molar-refractivity contribution < 1.29 is 8.78 Å². The summed E-state index contributed by atoms with van der Waals surface area (Å²) in [4.78, 5) is 0. The summed E-state index contributed by atoms with van der Waals surface area (Å²) in [5.74, 6) is 3.29. The van der Waals surface area contributed by atoms with E-state index in [2.05, 4.69) is 37.3 Å². The third-order valence-corrected chi connectivity index (χ3v) is 8.10. The van der Waals surface area contributed by atoms with Crippen molar-refractivity contribution in [3.05, 3.63) is 59.2 Å².